The first-order valence-corrected chi connectivity index (χ1v) is 5.14. The molecule has 2 rings (SSSR count). The molecule has 0 aliphatic carbocycles. The quantitative estimate of drug-likeness (QED) is 0.874. The van der Waals surface area contributed by atoms with Crippen LogP contribution in [-0.2, 0) is 0 Å². The highest BCUT2D eigenvalue weighted by molar-refractivity contribution is 5.47. The zero-order chi connectivity index (χ0) is 12.1. The maximum atomic E-state index is 12.9. The van der Waals surface area contributed by atoms with Gasteiger partial charge in [-0.2, -0.15) is 0 Å². The van der Waals surface area contributed by atoms with Crippen LogP contribution in [0.1, 0.15) is 5.76 Å². The average molecular weight is 235 g/mol. The van der Waals surface area contributed by atoms with E-state index in [4.69, 9.17) is 4.42 Å². The van der Waals surface area contributed by atoms with E-state index < -0.39 is 11.6 Å². The standard InChI is InChI=1S/C13H11F2NO/c14-12-6-5-10(9-13(12)15)16-7-1-3-11-4-2-8-17-11/h1-6,8-9,16H,7H2. The molecule has 1 aromatic carbocycles. The second-order valence-corrected chi connectivity index (χ2v) is 3.43. The minimum absolute atomic E-state index is 0.506. The number of nitrogens with one attached hydrogen (secondary N) is 1. The molecule has 0 bridgehead atoms. The van der Waals surface area contributed by atoms with Gasteiger partial charge in [0.05, 0.1) is 6.26 Å². The summed E-state index contributed by atoms with van der Waals surface area (Å²) in [5.74, 6) is -0.955. The maximum Gasteiger partial charge on any atom is 0.160 e. The Bertz CT molecular complexity index is 506. The highest BCUT2D eigenvalue weighted by Gasteiger charge is 2.00. The molecule has 2 nitrogen and oxygen atoms in total. The summed E-state index contributed by atoms with van der Waals surface area (Å²) in [4.78, 5) is 0. The number of furan rings is 1. The topological polar surface area (TPSA) is 25.2 Å². The van der Waals surface area contributed by atoms with Crippen LogP contribution in [0, 0.1) is 11.6 Å². The van der Waals surface area contributed by atoms with E-state index in [2.05, 4.69) is 5.32 Å². The number of halogens is 2. The van der Waals surface area contributed by atoms with Crippen molar-refractivity contribution in [3.05, 3.63) is 60.1 Å². The SMILES string of the molecule is Fc1ccc(NCC=Cc2ccco2)cc1F. The van der Waals surface area contributed by atoms with Crippen molar-refractivity contribution in [1.82, 2.24) is 0 Å². The van der Waals surface area contributed by atoms with Gasteiger partial charge in [0, 0.05) is 18.3 Å². The molecular weight excluding hydrogens is 224 g/mol. The zero-order valence-corrected chi connectivity index (χ0v) is 8.99. The Balaban J connectivity index is 1.88. The van der Waals surface area contributed by atoms with Gasteiger partial charge >= 0.3 is 0 Å². The first-order chi connectivity index (χ1) is 8.25. The third-order valence-electron chi connectivity index (χ3n) is 2.17. The van der Waals surface area contributed by atoms with Gasteiger partial charge in [-0.15, -0.1) is 0 Å². The molecule has 2 aromatic rings. The maximum absolute atomic E-state index is 12.9. The van der Waals surface area contributed by atoms with Crippen LogP contribution in [0.15, 0.2) is 47.1 Å². The van der Waals surface area contributed by atoms with Gasteiger partial charge in [-0.3, -0.25) is 0 Å². The summed E-state index contributed by atoms with van der Waals surface area (Å²) >= 11 is 0. The van der Waals surface area contributed by atoms with E-state index in [1.165, 1.54) is 6.07 Å². The largest absolute Gasteiger partial charge is 0.465 e. The van der Waals surface area contributed by atoms with Crippen LogP contribution < -0.4 is 5.32 Å². The third kappa shape index (κ3) is 3.17. The number of benzene rings is 1. The molecule has 1 aromatic heterocycles. The van der Waals surface area contributed by atoms with Crippen molar-refractivity contribution in [2.75, 3.05) is 11.9 Å². The minimum atomic E-state index is -0.856. The van der Waals surface area contributed by atoms with E-state index in [0.29, 0.717) is 12.2 Å². The van der Waals surface area contributed by atoms with Crippen molar-refractivity contribution >= 4 is 11.8 Å². The van der Waals surface area contributed by atoms with Gasteiger partial charge in [-0.1, -0.05) is 6.08 Å². The molecule has 0 saturated heterocycles. The molecule has 1 N–H and O–H groups in total. The van der Waals surface area contributed by atoms with Crippen molar-refractivity contribution in [3.8, 4) is 0 Å². The first kappa shape index (κ1) is 11.4. The van der Waals surface area contributed by atoms with Crippen LogP contribution in [0.25, 0.3) is 6.08 Å². The number of hydrogen-bond acceptors (Lipinski definition) is 2. The van der Waals surface area contributed by atoms with Gasteiger partial charge in [0.2, 0.25) is 0 Å². The molecule has 0 radical (unpaired) electrons. The highest BCUT2D eigenvalue weighted by Crippen LogP contribution is 2.12. The van der Waals surface area contributed by atoms with Crippen molar-refractivity contribution in [1.29, 1.82) is 0 Å². The number of rotatable bonds is 4. The minimum Gasteiger partial charge on any atom is -0.465 e. The van der Waals surface area contributed by atoms with Crippen LogP contribution in [0.4, 0.5) is 14.5 Å². The van der Waals surface area contributed by atoms with E-state index in [1.807, 2.05) is 12.1 Å². The van der Waals surface area contributed by atoms with Crippen LogP contribution >= 0.6 is 0 Å². The fraction of sp³-hybridized carbons (Fsp3) is 0.0769. The summed E-state index contributed by atoms with van der Waals surface area (Å²) < 4.78 is 30.6. The predicted molar refractivity (Wildman–Crippen MR) is 62.6 cm³/mol. The Morgan fingerprint density at radius 2 is 2.06 bits per heavy atom. The lowest BCUT2D eigenvalue weighted by atomic mass is 10.3. The fourth-order valence-corrected chi connectivity index (χ4v) is 1.34. The monoisotopic (exact) mass is 235 g/mol. The van der Waals surface area contributed by atoms with E-state index in [-0.39, 0.29) is 0 Å². The Kier molecular flexibility index (Phi) is 3.55. The van der Waals surface area contributed by atoms with Gasteiger partial charge < -0.3 is 9.73 Å². The lowest BCUT2D eigenvalue weighted by Gasteiger charge is -2.03. The first-order valence-electron chi connectivity index (χ1n) is 5.14. The number of hydrogen-bond donors (Lipinski definition) is 1. The highest BCUT2D eigenvalue weighted by atomic mass is 19.2. The smallest absolute Gasteiger partial charge is 0.160 e. The summed E-state index contributed by atoms with van der Waals surface area (Å²) in [6.45, 7) is 0.506. The Morgan fingerprint density at radius 3 is 2.76 bits per heavy atom. The number of anilines is 1. The van der Waals surface area contributed by atoms with Crippen molar-refractivity contribution in [3.63, 3.8) is 0 Å². The van der Waals surface area contributed by atoms with E-state index in [9.17, 15) is 8.78 Å². The molecule has 1 heterocycles. The summed E-state index contributed by atoms with van der Waals surface area (Å²) in [7, 11) is 0. The molecule has 0 saturated carbocycles. The van der Waals surface area contributed by atoms with E-state index >= 15 is 0 Å². The van der Waals surface area contributed by atoms with Crippen LogP contribution in [0.5, 0.6) is 0 Å². The van der Waals surface area contributed by atoms with Gasteiger partial charge in [-0.05, 0) is 30.3 Å². The van der Waals surface area contributed by atoms with Crippen LogP contribution in [0.3, 0.4) is 0 Å². The molecule has 0 fully saturated rings. The molecule has 0 unspecified atom stereocenters. The van der Waals surface area contributed by atoms with Gasteiger partial charge in [0.1, 0.15) is 5.76 Å². The van der Waals surface area contributed by atoms with E-state index in [0.717, 1.165) is 17.9 Å². The van der Waals surface area contributed by atoms with Crippen molar-refractivity contribution < 1.29 is 13.2 Å². The Morgan fingerprint density at radius 1 is 1.18 bits per heavy atom. The van der Waals surface area contributed by atoms with Crippen LogP contribution in [0.2, 0.25) is 0 Å². The molecule has 0 aliphatic rings. The summed E-state index contributed by atoms with van der Waals surface area (Å²) in [5.41, 5.74) is 0.535. The zero-order valence-electron chi connectivity index (χ0n) is 8.99. The Labute approximate surface area is 97.6 Å². The summed E-state index contributed by atoms with van der Waals surface area (Å²) in [6.07, 6.45) is 5.22. The van der Waals surface area contributed by atoms with Crippen molar-refractivity contribution in [2.24, 2.45) is 0 Å². The van der Waals surface area contributed by atoms with Crippen molar-refractivity contribution in [2.45, 2.75) is 0 Å². The molecular formula is C13H11F2NO. The van der Waals surface area contributed by atoms with E-state index in [1.54, 1.807) is 18.4 Å². The molecule has 0 atom stereocenters. The third-order valence-corrected chi connectivity index (χ3v) is 2.17. The van der Waals surface area contributed by atoms with Gasteiger partial charge in [-0.25, -0.2) is 8.78 Å². The molecule has 0 aliphatic heterocycles. The summed E-state index contributed by atoms with van der Waals surface area (Å²) in [5, 5.41) is 2.94. The lowest BCUT2D eigenvalue weighted by molar-refractivity contribution is 0.509. The second kappa shape index (κ2) is 5.30. The fourth-order valence-electron chi connectivity index (χ4n) is 1.34. The normalized spacial score (nSPS) is 10.9. The predicted octanol–water partition coefficient (Wildman–Crippen LogP) is 3.68. The molecule has 0 spiro atoms. The molecule has 0 amide bonds. The molecule has 17 heavy (non-hydrogen) atoms. The van der Waals surface area contributed by atoms with Gasteiger partial charge in [0.25, 0.3) is 0 Å². The molecule has 4 heteroatoms. The Hall–Kier alpha value is -2.10. The lowest BCUT2D eigenvalue weighted by Crippen LogP contribution is -1.98. The summed E-state index contributed by atoms with van der Waals surface area (Å²) in [6, 6.07) is 7.32. The van der Waals surface area contributed by atoms with Gasteiger partial charge in [0.15, 0.2) is 11.6 Å². The molecule has 88 valence electrons. The average Bonchev–Trinajstić information content (AvgIpc) is 2.82. The second-order valence-electron chi connectivity index (χ2n) is 3.43. The van der Waals surface area contributed by atoms with Crippen LogP contribution in [-0.4, -0.2) is 6.54 Å².